The highest BCUT2D eigenvalue weighted by Gasteiger charge is 2.33. The Hall–Kier alpha value is -2.15. The number of aliphatic carboxylic acids is 1. The zero-order chi connectivity index (χ0) is 17.0. The summed E-state index contributed by atoms with van der Waals surface area (Å²) >= 11 is 0. The Morgan fingerprint density at radius 3 is 2.48 bits per heavy atom. The molecule has 7 nitrogen and oxygen atoms in total. The molecular formula is C16H23N3O4. The molecule has 1 aromatic heterocycles. The van der Waals surface area contributed by atoms with Gasteiger partial charge in [-0.2, -0.15) is 0 Å². The van der Waals surface area contributed by atoms with Crippen LogP contribution in [0.3, 0.4) is 0 Å². The largest absolute Gasteiger partial charge is 0.544 e. The van der Waals surface area contributed by atoms with Gasteiger partial charge in [0.2, 0.25) is 0 Å². The first-order valence-corrected chi connectivity index (χ1v) is 7.71. The standard InChI is InChI=1S/C16H23N3O4/c1-16(2,3)23-15(22)19-9-7-18(8-10-19)13(14(20)21)12-5-4-6-17-11-12/h4-6,11,13H,7-10H2,1-3H3,(H,20,21)/t13-/m1/s1. The minimum absolute atomic E-state index is 0.358. The van der Waals surface area contributed by atoms with Gasteiger partial charge < -0.3 is 19.5 Å². The van der Waals surface area contributed by atoms with Crippen molar-refractivity contribution < 1.29 is 24.3 Å². The van der Waals surface area contributed by atoms with Gasteiger partial charge in [0.05, 0.1) is 26.2 Å². The van der Waals surface area contributed by atoms with Crippen molar-refractivity contribution in [2.24, 2.45) is 0 Å². The summed E-state index contributed by atoms with van der Waals surface area (Å²) in [5.41, 5.74) is 0.0813. The minimum atomic E-state index is -1.13. The Morgan fingerprint density at radius 1 is 1.35 bits per heavy atom. The molecule has 1 aliphatic rings. The number of amides is 1. The molecule has 1 saturated heterocycles. The van der Waals surface area contributed by atoms with E-state index in [-0.39, 0.29) is 6.09 Å². The molecule has 1 aromatic rings. The summed E-state index contributed by atoms with van der Waals surface area (Å²) in [6.45, 7) is 7.41. The van der Waals surface area contributed by atoms with Gasteiger partial charge in [-0.1, -0.05) is 0 Å². The molecule has 7 heteroatoms. The van der Waals surface area contributed by atoms with Crippen LogP contribution in [0.2, 0.25) is 0 Å². The number of quaternary nitrogens is 1. The van der Waals surface area contributed by atoms with E-state index in [4.69, 9.17) is 4.74 Å². The lowest BCUT2D eigenvalue weighted by Gasteiger charge is -2.37. The van der Waals surface area contributed by atoms with Gasteiger partial charge in [-0.15, -0.1) is 0 Å². The number of carbonyl (C=O) groups is 2. The molecule has 0 unspecified atom stereocenters. The number of ether oxygens (including phenoxy) is 1. The number of carboxylic acids is 1. The molecule has 1 amide bonds. The van der Waals surface area contributed by atoms with E-state index < -0.39 is 17.6 Å². The molecule has 1 aliphatic heterocycles. The lowest BCUT2D eigenvalue weighted by atomic mass is 10.1. The summed E-state index contributed by atoms with van der Waals surface area (Å²) < 4.78 is 5.34. The van der Waals surface area contributed by atoms with Crippen LogP contribution in [0.5, 0.6) is 0 Å². The summed E-state index contributed by atoms with van der Waals surface area (Å²) in [4.78, 5) is 30.0. The molecule has 126 valence electrons. The van der Waals surface area contributed by atoms with Crippen LogP contribution in [-0.4, -0.2) is 53.7 Å². The fourth-order valence-corrected chi connectivity index (χ4v) is 2.68. The Balaban J connectivity index is 2.00. The zero-order valence-corrected chi connectivity index (χ0v) is 13.7. The van der Waals surface area contributed by atoms with Crippen LogP contribution in [-0.2, 0) is 9.53 Å². The normalized spacial score (nSPS) is 17.6. The number of rotatable bonds is 3. The van der Waals surface area contributed by atoms with Crippen LogP contribution >= 0.6 is 0 Å². The molecule has 0 spiro atoms. The molecule has 1 N–H and O–H groups in total. The fraction of sp³-hybridized carbons (Fsp3) is 0.562. The van der Waals surface area contributed by atoms with Crippen LogP contribution in [0.25, 0.3) is 0 Å². The van der Waals surface area contributed by atoms with Crippen LogP contribution < -0.4 is 10.0 Å². The smallest absolute Gasteiger partial charge is 0.410 e. The second-order valence-corrected chi connectivity index (χ2v) is 6.66. The number of hydrogen-bond acceptors (Lipinski definition) is 5. The van der Waals surface area contributed by atoms with Gasteiger partial charge in [0.15, 0.2) is 6.04 Å². The molecule has 1 fully saturated rings. The van der Waals surface area contributed by atoms with Crippen LogP contribution in [0.4, 0.5) is 4.79 Å². The first kappa shape index (κ1) is 17.2. The third-order valence-electron chi connectivity index (χ3n) is 3.72. The van der Waals surface area contributed by atoms with Gasteiger partial charge in [-0.25, -0.2) is 4.79 Å². The molecule has 2 rings (SSSR count). The second-order valence-electron chi connectivity index (χ2n) is 6.66. The second kappa shape index (κ2) is 6.95. The maximum Gasteiger partial charge on any atom is 0.410 e. The minimum Gasteiger partial charge on any atom is -0.544 e. The van der Waals surface area contributed by atoms with Gasteiger partial charge in [-0.05, 0) is 32.9 Å². The van der Waals surface area contributed by atoms with Crippen LogP contribution in [0.15, 0.2) is 24.5 Å². The number of piperazine rings is 1. The van der Waals surface area contributed by atoms with Crippen molar-refractivity contribution in [1.29, 1.82) is 0 Å². The topological polar surface area (TPSA) is 87.0 Å². The van der Waals surface area contributed by atoms with E-state index in [9.17, 15) is 14.7 Å². The van der Waals surface area contributed by atoms with Gasteiger partial charge in [0.1, 0.15) is 11.6 Å². The molecule has 0 saturated carbocycles. The molecule has 0 bridgehead atoms. The molecule has 1 atom stereocenters. The van der Waals surface area contributed by atoms with Gasteiger partial charge in [-0.3, -0.25) is 9.88 Å². The molecule has 0 aliphatic carbocycles. The molecular weight excluding hydrogens is 298 g/mol. The predicted octanol–water partition coefficient (Wildman–Crippen LogP) is -0.992. The number of pyridine rings is 1. The van der Waals surface area contributed by atoms with Gasteiger partial charge in [0.25, 0.3) is 0 Å². The van der Waals surface area contributed by atoms with Gasteiger partial charge >= 0.3 is 6.09 Å². The fourth-order valence-electron chi connectivity index (χ4n) is 2.68. The van der Waals surface area contributed by atoms with Crippen molar-refractivity contribution in [3.63, 3.8) is 0 Å². The van der Waals surface area contributed by atoms with Crippen molar-refractivity contribution >= 4 is 12.1 Å². The highest BCUT2D eigenvalue weighted by atomic mass is 16.6. The van der Waals surface area contributed by atoms with Crippen molar-refractivity contribution in [2.45, 2.75) is 32.4 Å². The number of hydrogen-bond donors (Lipinski definition) is 1. The number of aromatic nitrogens is 1. The van der Waals surface area contributed by atoms with Crippen LogP contribution in [0.1, 0.15) is 32.4 Å². The van der Waals surface area contributed by atoms with E-state index in [1.165, 1.54) is 0 Å². The first-order chi connectivity index (χ1) is 10.8. The maximum absolute atomic E-state index is 12.0. The van der Waals surface area contributed by atoms with E-state index in [2.05, 4.69) is 4.98 Å². The predicted molar refractivity (Wildman–Crippen MR) is 80.5 cm³/mol. The van der Waals surface area contributed by atoms with Crippen LogP contribution in [0, 0.1) is 0 Å². The quantitative estimate of drug-likeness (QED) is 0.772. The molecule has 0 aromatic carbocycles. The van der Waals surface area contributed by atoms with Crippen molar-refractivity contribution in [2.75, 3.05) is 26.2 Å². The van der Waals surface area contributed by atoms with E-state index in [0.717, 1.165) is 4.90 Å². The molecule has 2 heterocycles. The van der Waals surface area contributed by atoms with E-state index in [1.54, 1.807) is 29.4 Å². The third kappa shape index (κ3) is 4.66. The maximum atomic E-state index is 12.0. The Morgan fingerprint density at radius 2 is 2.00 bits per heavy atom. The summed E-state index contributed by atoms with van der Waals surface area (Å²) in [6, 6.07) is 2.67. The Bertz CT molecular complexity index is 548. The summed E-state index contributed by atoms with van der Waals surface area (Å²) in [6.07, 6.45) is 2.79. The van der Waals surface area contributed by atoms with Gasteiger partial charge in [0, 0.05) is 18.0 Å². The van der Waals surface area contributed by atoms with Crippen molar-refractivity contribution in [3.05, 3.63) is 30.1 Å². The lowest BCUT2D eigenvalue weighted by Crippen LogP contribution is -3.16. The monoisotopic (exact) mass is 321 g/mol. The highest BCUT2D eigenvalue weighted by molar-refractivity contribution is 5.71. The Labute approximate surface area is 135 Å². The van der Waals surface area contributed by atoms with Crippen molar-refractivity contribution in [1.82, 2.24) is 9.88 Å². The third-order valence-corrected chi connectivity index (χ3v) is 3.72. The molecule has 23 heavy (non-hydrogen) atoms. The number of nitrogens with zero attached hydrogens (tertiary/aromatic N) is 2. The van der Waals surface area contributed by atoms with Crippen molar-refractivity contribution in [3.8, 4) is 0 Å². The summed E-state index contributed by atoms with van der Waals surface area (Å²) in [7, 11) is 0. The number of nitrogens with one attached hydrogen (secondary N) is 1. The SMILES string of the molecule is CC(C)(C)OC(=O)N1CC[NH+]([C@@H](C(=O)[O-])c2cccnc2)CC1. The average molecular weight is 321 g/mol. The lowest BCUT2D eigenvalue weighted by molar-refractivity contribution is -0.928. The zero-order valence-electron chi connectivity index (χ0n) is 13.7. The summed E-state index contributed by atoms with van der Waals surface area (Å²) in [5, 5.41) is 11.5. The number of carbonyl (C=O) groups excluding carboxylic acids is 2. The average Bonchev–Trinajstić information content (AvgIpc) is 2.47. The molecule has 0 radical (unpaired) electrons. The Kier molecular flexibility index (Phi) is 5.20. The highest BCUT2D eigenvalue weighted by Crippen LogP contribution is 2.11. The van der Waals surface area contributed by atoms with E-state index in [1.807, 2.05) is 20.8 Å². The number of carboxylic acid groups (broad SMARTS) is 1. The van der Waals surface area contributed by atoms with E-state index >= 15 is 0 Å². The first-order valence-electron chi connectivity index (χ1n) is 7.71. The summed E-state index contributed by atoms with van der Waals surface area (Å²) in [5.74, 6) is -1.13. The van der Waals surface area contributed by atoms with E-state index in [0.29, 0.717) is 31.7 Å².